The van der Waals surface area contributed by atoms with Crippen molar-refractivity contribution in [1.29, 1.82) is 0 Å². The van der Waals surface area contributed by atoms with Gasteiger partial charge in [-0.15, -0.1) is 0 Å². The number of hydrogen-bond donors (Lipinski definition) is 1. The molecule has 0 aliphatic carbocycles. The number of halogens is 1. The first-order valence-electron chi connectivity index (χ1n) is 6.79. The van der Waals surface area contributed by atoms with E-state index in [1.54, 1.807) is 33.3 Å². The Labute approximate surface area is 124 Å². The molecule has 0 fully saturated rings. The molecule has 1 unspecified atom stereocenters. The molecule has 4 heteroatoms. The summed E-state index contributed by atoms with van der Waals surface area (Å²) in [5.41, 5.74) is 2.51. The van der Waals surface area contributed by atoms with Crippen molar-refractivity contribution >= 4 is 5.69 Å². The van der Waals surface area contributed by atoms with Gasteiger partial charge in [0.2, 0.25) is 0 Å². The molecule has 0 saturated carbocycles. The summed E-state index contributed by atoms with van der Waals surface area (Å²) in [6.45, 7) is 3.78. The minimum absolute atomic E-state index is 0.0238. The Balaban J connectivity index is 2.23. The minimum Gasteiger partial charge on any atom is -0.497 e. The predicted octanol–water partition coefficient (Wildman–Crippen LogP) is 4.32. The van der Waals surface area contributed by atoms with Crippen molar-refractivity contribution in [3.8, 4) is 11.5 Å². The fourth-order valence-corrected chi connectivity index (χ4v) is 2.24. The van der Waals surface area contributed by atoms with Crippen LogP contribution in [0.3, 0.4) is 0 Å². The fraction of sp³-hybridized carbons (Fsp3) is 0.294. The van der Waals surface area contributed by atoms with Crippen LogP contribution in [-0.4, -0.2) is 14.2 Å². The molecule has 0 radical (unpaired) electrons. The van der Waals surface area contributed by atoms with Crippen molar-refractivity contribution in [2.75, 3.05) is 19.5 Å². The van der Waals surface area contributed by atoms with E-state index in [1.807, 2.05) is 25.1 Å². The highest BCUT2D eigenvalue weighted by atomic mass is 19.1. The van der Waals surface area contributed by atoms with Crippen LogP contribution in [0.25, 0.3) is 0 Å². The maximum Gasteiger partial charge on any atom is 0.127 e. The van der Waals surface area contributed by atoms with E-state index < -0.39 is 0 Å². The van der Waals surface area contributed by atoms with Crippen LogP contribution in [-0.2, 0) is 0 Å². The molecule has 0 aromatic heterocycles. The monoisotopic (exact) mass is 289 g/mol. The highest BCUT2D eigenvalue weighted by Gasteiger charge is 2.13. The summed E-state index contributed by atoms with van der Waals surface area (Å²) < 4.78 is 23.9. The summed E-state index contributed by atoms with van der Waals surface area (Å²) in [7, 11) is 3.25. The Morgan fingerprint density at radius 2 is 1.81 bits per heavy atom. The lowest BCUT2D eigenvalue weighted by molar-refractivity contribution is 0.390. The second kappa shape index (κ2) is 6.48. The topological polar surface area (TPSA) is 30.5 Å². The third-order valence-corrected chi connectivity index (χ3v) is 3.45. The molecular weight excluding hydrogens is 269 g/mol. The molecule has 0 heterocycles. The van der Waals surface area contributed by atoms with Gasteiger partial charge in [-0.3, -0.25) is 0 Å². The summed E-state index contributed by atoms with van der Waals surface area (Å²) >= 11 is 0. The van der Waals surface area contributed by atoms with Gasteiger partial charge in [-0.1, -0.05) is 0 Å². The van der Waals surface area contributed by atoms with Crippen LogP contribution in [0, 0.1) is 12.7 Å². The molecule has 0 bridgehead atoms. The van der Waals surface area contributed by atoms with E-state index in [4.69, 9.17) is 9.47 Å². The zero-order chi connectivity index (χ0) is 15.4. The van der Waals surface area contributed by atoms with E-state index in [0.717, 1.165) is 22.7 Å². The maximum atomic E-state index is 13.3. The Kier molecular flexibility index (Phi) is 4.68. The predicted molar refractivity (Wildman–Crippen MR) is 82.7 cm³/mol. The lowest BCUT2D eigenvalue weighted by Crippen LogP contribution is -2.08. The molecule has 2 aromatic rings. The average molecular weight is 289 g/mol. The molecule has 0 spiro atoms. The third kappa shape index (κ3) is 3.45. The fourth-order valence-electron chi connectivity index (χ4n) is 2.24. The summed E-state index contributed by atoms with van der Waals surface area (Å²) in [5, 5.41) is 3.35. The molecule has 0 amide bonds. The number of ether oxygens (including phenoxy) is 2. The smallest absolute Gasteiger partial charge is 0.127 e. The second-order valence-electron chi connectivity index (χ2n) is 4.94. The molecule has 2 rings (SSSR count). The average Bonchev–Trinajstić information content (AvgIpc) is 2.50. The van der Waals surface area contributed by atoms with Gasteiger partial charge in [-0.25, -0.2) is 4.39 Å². The van der Waals surface area contributed by atoms with Crippen LogP contribution in [0.5, 0.6) is 11.5 Å². The minimum atomic E-state index is -0.199. The lowest BCUT2D eigenvalue weighted by Gasteiger charge is -2.19. The Morgan fingerprint density at radius 3 is 2.43 bits per heavy atom. The normalized spacial score (nSPS) is 11.9. The first-order valence-corrected chi connectivity index (χ1v) is 6.79. The van der Waals surface area contributed by atoms with Crippen LogP contribution in [0.4, 0.5) is 10.1 Å². The van der Waals surface area contributed by atoms with Crippen molar-refractivity contribution < 1.29 is 13.9 Å². The molecule has 0 aliphatic rings. The first-order chi connectivity index (χ1) is 10.0. The number of aryl methyl sites for hydroxylation is 1. The van der Waals surface area contributed by atoms with Crippen molar-refractivity contribution in [2.24, 2.45) is 0 Å². The molecule has 1 atom stereocenters. The van der Waals surface area contributed by atoms with Gasteiger partial charge in [0.15, 0.2) is 0 Å². The summed E-state index contributed by atoms with van der Waals surface area (Å²) in [5.74, 6) is 1.31. The van der Waals surface area contributed by atoms with E-state index in [1.165, 1.54) is 6.07 Å². The standard InChI is InChI=1S/C17H20FNO2/c1-11-9-13(5-8-16(11)18)19-12(2)15-7-6-14(20-3)10-17(15)21-4/h5-10,12,19H,1-4H3. The second-order valence-corrected chi connectivity index (χ2v) is 4.94. The number of methoxy groups -OCH3 is 2. The highest BCUT2D eigenvalue weighted by Crippen LogP contribution is 2.31. The summed E-state index contributed by atoms with van der Waals surface area (Å²) in [6.07, 6.45) is 0. The summed E-state index contributed by atoms with van der Waals surface area (Å²) in [4.78, 5) is 0. The van der Waals surface area contributed by atoms with E-state index >= 15 is 0 Å². The van der Waals surface area contributed by atoms with Gasteiger partial charge in [0.1, 0.15) is 17.3 Å². The number of nitrogens with one attached hydrogen (secondary N) is 1. The van der Waals surface area contributed by atoms with Gasteiger partial charge in [-0.05, 0) is 49.7 Å². The van der Waals surface area contributed by atoms with E-state index in [-0.39, 0.29) is 11.9 Å². The van der Waals surface area contributed by atoms with Gasteiger partial charge < -0.3 is 14.8 Å². The number of anilines is 1. The lowest BCUT2D eigenvalue weighted by atomic mass is 10.1. The van der Waals surface area contributed by atoms with Gasteiger partial charge in [0, 0.05) is 17.3 Å². The van der Waals surface area contributed by atoms with Crippen molar-refractivity contribution in [3.63, 3.8) is 0 Å². The highest BCUT2D eigenvalue weighted by molar-refractivity contribution is 5.50. The molecule has 21 heavy (non-hydrogen) atoms. The maximum absolute atomic E-state index is 13.3. The van der Waals surface area contributed by atoms with Gasteiger partial charge in [-0.2, -0.15) is 0 Å². The van der Waals surface area contributed by atoms with Gasteiger partial charge in [0.25, 0.3) is 0 Å². The van der Waals surface area contributed by atoms with Crippen LogP contribution >= 0.6 is 0 Å². The Morgan fingerprint density at radius 1 is 1.05 bits per heavy atom. The largest absolute Gasteiger partial charge is 0.497 e. The number of benzene rings is 2. The molecule has 112 valence electrons. The molecular formula is C17H20FNO2. The Bertz CT molecular complexity index is 628. The molecule has 0 saturated heterocycles. The van der Waals surface area contributed by atoms with Gasteiger partial charge >= 0.3 is 0 Å². The zero-order valence-corrected chi connectivity index (χ0v) is 12.7. The third-order valence-electron chi connectivity index (χ3n) is 3.45. The van der Waals surface area contributed by atoms with Crippen LogP contribution in [0.2, 0.25) is 0 Å². The first kappa shape index (κ1) is 15.2. The van der Waals surface area contributed by atoms with E-state index in [2.05, 4.69) is 5.32 Å². The quantitative estimate of drug-likeness (QED) is 0.889. The number of rotatable bonds is 5. The zero-order valence-electron chi connectivity index (χ0n) is 12.7. The molecule has 0 aliphatic heterocycles. The van der Waals surface area contributed by atoms with E-state index in [9.17, 15) is 4.39 Å². The van der Waals surface area contributed by atoms with Crippen LogP contribution < -0.4 is 14.8 Å². The summed E-state index contributed by atoms with van der Waals surface area (Å²) in [6, 6.07) is 10.7. The molecule has 3 nitrogen and oxygen atoms in total. The van der Waals surface area contributed by atoms with Crippen LogP contribution in [0.1, 0.15) is 24.1 Å². The number of hydrogen-bond acceptors (Lipinski definition) is 3. The van der Waals surface area contributed by atoms with Crippen molar-refractivity contribution in [3.05, 3.63) is 53.3 Å². The van der Waals surface area contributed by atoms with E-state index in [0.29, 0.717) is 5.56 Å². The van der Waals surface area contributed by atoms with Crippen molar-refractivity contribution in [2.45, 2.75) is 19.9 Å². The SMILES string of the molecule is COc1ccc(C(C)Nc2ccc(F)c(C)c2)c(OC)c1. The molecule has 2 aromatic carbocycles. The van der Waals surface area contributed by atoms with Crippen LogP contribution in [0.15, 0.2) is 36.4 Å². The van der Waals surface area contributed by atoms with Crippen molar-refractivity contribution in [1.82, 2.24) is 0 Å². The van der Waals surface area contributed by atoms with Gasteiger partial charge in [0.05, 0.1) is 20.3 Å². The molecule has 1 N–H and O–H groups in total. The Hall–Kier alpha value is -2.23.